The van der Waals surface area contributed by atoms with E-state index in [1.165, 1.54) is 17.3 Å². The minimum Gasteiger partial charge on any atom is -0.486 e. The van der Waals surface area contributed by atoms with Crippen LogP contribution in [0.3, 0.4) is 0 Å². The van der Waals surface area contributed by atoms with Crippen LogP contribution >= 0.6 is 11.8 Å². The Labute approximate surface area is 185 Å². The number of carbonyl (C=O) groups excluding carboxylic acids is 1. The van der Waals surface area contributed by atoms with Gasteiger partial charge in [-0.2, -0.15) is 4.68 Å². The molecule has 1 aliphatic heterocycles. The third-order valence-electron chi connectivity index (χ3n) is 5.06. The molecule has 0 saturated heterocycles. The first kappa shape index (κ1) is 21.2. The maximum Gasteiger partial charge on any atom is 0.233 e. The molecule has 0 N–H and O–H groups in total. The number of ether oxygens (including phenoxy) is 2. The predicted octanol–water partition coefficient (Wildman–Crippen LogP) is 3.19. The SMILES string of the molecule is CCN(Cc1ccc2c(c1)OCCO2)C(=O)CSc1nnnn1-c1ccc(C)cc1C. The van der Waals surface area contributed by atoms with Crippen LogP contribution in [0, 0.1) is 13.8 Å². The number of rotatable bonds is 7. The molecule has 0 radical (unpaired) electrons. The van der Waals surface area contributed by atoms with Crippen LogP contribution in [0.15, 0.2) is 41.6 Å². The minimum absolute atomic E-state index is 0.0255. The van der Waals surface area contributed by atoms with Gasteiger partial charge in [-0.3, -0.25) is 4.79 Å². The number of carbonyl (C=O) groups is 1. The number of fused-ring (bicyclic) bond motifs is 1. The standard InChI is InChI=1S/C22H25N5O3S/c1-4-26(13-17-6-8-19-20(12-17)30-10-9-29-19)21(28)14-31-22-23-24-25-27(22)18-7-5-15(2)11-16(18)3/h5-8,11-12H,4,9-10,13-14H2,1-3H3. The molecule has 4 rings (SSSR count). The van der Waals surface area contributed by atoms with E-state index < -0.39 is 0 Å². The first-order valence-electron chi connectivity index (χ1n) is 10.2. The fraction of sp³-hybridized carbons (Fsp3) is 0.364. The van der Waals surface area contributed by atoms with Crippen molar-refractivity contribution in [3.63, 3.8) is 0 Å². The van der Waals surface area contributed by atoms with Crippen LogP contribution in [0.2, 0.25) is 0 Å². The molecule has 3 aromatic rings. The van der Waals surface area contributed by atoms with Gasteiger partial charge in [0.25, 0.3) is 0 Å². The lowest BCUT2D eigenvalue weighted by atomic mass is 10.1. The summed E-state index contributed by atoms with van der Waals surface area (Å²) in [5, 5.41) is 12.6. The summed E-state index contributed by atoms with van der Waals surface area (Å²) in [6.45, 7) is 8.26. The van der Waals surface area contributed by atoms with Crippen molar-refractivity contribution in [1.82, 2.24) is 25.1 Å². The molecule has 1 aromatic heterocycles. The zero-order valence-electron chi connectivity index (χ0n) is 17.9. The van der Waals surface area contributed by atoms with E-state index in [1.54, 1.807) is 4.68 Å². The molecule has 8 nitrogen and oxygen atoms in total. The normalized spacial score (nSPS) is 12.6. The van der Waals surface area contributed by atoms with Crippen molar-refractivity contribution in [3.05, 3.63) is 53.1 Å². The molecule has 9 heteroatoms. The molecule has 0 spiro atoms. The highest BCUT2D eigenvalue weighted by molar-refractivity contribution is 7.99. The summed E-state index contributed by atoms with van der Waals surface area (Å²) in [6.07, 6.45) is 0. The Morgan fingerprint density at radius 3 is 2.71 bits per heavy atom. The Hall–Kier alpha value is -3.07. The average Bonchev–Trinajstić information content (AvgIpc) is 3.24. The summed E-state index contributed by atoms with van der Waals surface area (Å²) in [5.74, 6) is 1.76. The van der Waals surface area contributed by atoms with Gasteiger partial charge in [0.2, 0.25) is 11.1 Å². The van der Waals surface area contributed by atoms with Crippen molar-refractivity contribution in [3.8, 4) is 17.2 Å². The van der Waals surface area contributed by atoms with E-state index in [0.717, 1.165) is 28.3 Å². The number of amides is 1. The summed E-state index contributed by atoms with van der Waals surface area (Å²) in [6, 6.07) is 11.9. The quantitative estimate of drug-likeness (QED) is 0.523. The van der Waals surface area contributed by atoms with Gasteiger partial charge in [-0.05, 0) is 60.5 Å². The first-order chi connectivity index (χ1) is 15.0. The van der Waals surface area contributed by atoms with Crippen LogP contribution in [0.1, 0.15) is 23.6 Å². The number of aryl methyl sites for hydroxylation is 2. The van der Waals surface area contributed by atoms with Gasteiger partial charge in [0.05, 0.1) is 11.4 Å². The van der Waals surface area contributed by atoms with Crippen LogP contribution in [-0.4, -0.2) is 56.5 Å². The highest BCUT2D eigenvalue weighted by atomic mass is 32.2. The monoisotopic (exact) mass is 439 g/mol. The number of tetrazole rings is 1. The molecular formula is C22H25N5O3S. The Balaban J connectivity index is 1.42. The summed E-state index contributed by atoms with van der Waals surface area (Å²) in [5.41, 5.74) is 4.17. The van der Waals surface area contributed by atoms with Crippen molar-refractivity contribution in [2.45, 2.75) is 32.5 Å². The Kier molecular flexibility index (Phi) is 6.41. The Bertz CT molecular complexity index is 1080. The molecule has 162 valence electrons. The molecule has 0 saturated carbocycles. The molecule has 1 amide bonds. The second kappa shape index (κ2) is 9.38. The highest BCUT2D eigenvalue weighted by Crippen LogP contribution is 2.31. The van der Waals surface area contributed by atoms with Gasteiger partial charge in [-0.1, -0.05) is 35.5 Å². The lowest BCUT2D eigenvalue weighted by molar-refractivity contribution is -0.128. The maximum atomic E-state index is 12.9. The number of nitrogens with zero attached hydrogens (tertiary/aromatic N) is 5. The maximum absolute atomic E-state index is 12.9. The van der Waals surface area contributed by atoms with E-state index in [-0.39, 0.29) is 11.7 Å². The first-order valence-corrected chi connectivity index (χ1v) is 11.2. The van der Waals surface area contributed by atoms with Gasteiger partial charge >= 0.3 is 0 Å². The van der Waals surface area contributed by atoms with Crippen molar-refractivity contribution in [2.75, 3.05) is 25.5 Å². The zero-order chi connectivity index (χ0) is 21.8. The number of aromatic nitrogens is 4. The number of hydrogen-bond acceptors (Lipinski definition) is 7. The molecule has 0 bridgehead atoms. The van der Waals surface area contributed by atoms with Crippen molar-refractivity contribution < 1.29 is 14.3 Å². The summed E-state index contributed by atoms with van der Waals surface area (Å²) in [4.78, 5) is 14.7. The van der Waals surface area contributed by atoms with Crippen LogP contribution < -0.4 is 9.47 Å². The third kappa shape index (κ3) is 4.82. The average molecular weight is 440 g/mol. The fourth-order valence-electron chi connectivity index (χ4n) is 3.46. The van der Waals surface area contributed by atoms with Gasteiger partial charge in [-0.15, -0.1) is 5.10 Å². The molecule has 0 aliphatic carbocycles. The van der Waals surface area contributed by atoms with E-state index in [1.807, 2.05) is 56.0 Å². The third-order valence-corrected chi connectivity index (χ3v) is 5.96. The van der Waals surface area contributed by atoms with Gasteiger partial charge in [0.1, 0.15) is 13.2 Å². The highest BCUT2D eigenvalue weighted by Gasteiger charge is 2.18. The molecule has 0 atom stereocenters. The smallest absolute Gasteiger partial charge is 0.233 e. The van der Waals surface area contributed by atoms with Crippen molar-refractivity contribution in [1.29, 1.82) is 0 Å². The van der Waals surface area contributed by atoms with E-state index in [0.29, 0.717) is 31.5 Å². The summed E-state index contributed by atoms with van der Waals surface area (Å²) in [7, 11) is 0. The second-order valence-corrected chi connectivity index (χ2v) is 8.28. The van der Waals surface area contributed by atoms with Gasteiger partial charge in [0, 0.05) is 13.1 Å². The molecule has 1 aliphatic rings. The lowest BCUT2D eigenvalue weighted by Gasteiger charge is -2.23. The number of thioether (sulfide) groups is 1. The van der Waals surface area contributed by atoms with Gasteiger partial charge in [0.15, 0.2) is 11.5 Å². The molecular weight excluding hydrogens is 414 g/mol. The van der Waals surface area contributed by atoms with E-state index in [2.05, 4.69) is 21.6 Å². The van der Waals surface area contributed by atoms with Crippen LogP contribution in [0.25, 0.3) is 5.69 Å². The van der Waals surface area contributed by atoms with Gasteiger partial charge < -0.3 is 14.4 Å². The van der Waals surface area contributed by atoms with Crippen molar-refractivity contribution >= 4 is 17.7 Å². The second-order valence-electron chi connectivity index (χ2n) is 7.34. The number of benzene rings is 2. The van der Waals surface area contributed by atoms with Crippen molar-refractivity contribution in [2.24, 2.45) is 0 Å². The van der Waals surface area contributed by atoms with Crippen LogP contribution in [0.4, 0.5) is 0 Å². The molecule has 0 unspecified atom stereocenters. The molecule has 31 heavy (non-hydrogen) atoms. The zero-order valence-corrected chi connectivity index (χ0v) is 18.7. The summed E-state index contributed by atoms with van der Waals surface area (Å²) >= 11 is 1.34. The molecule has 0 fully saturated rings. The van der Waals surface area contributed by atoms with E-state index in [9.17, 15) is 4.79 Å². The number of hydrogen-bond donors (Lipinski definition) is 0. The lowest BCUT2D eigenvalue weighted by Crippen LogP contribution is -2.31. The van der Waals surface area contributed by atoms with E-state index in [4.69, 9.17) is 9.47 Å². The van der Waals surface area contributed by atoms with Gasteiger partial charge in [-0.25, -0.2) is 0 Å². The minimum atomic E-state index is 0.0255. The Morgan fingerprint density at radius 2 is 1.94 bits per heavy atom. The topological polar surface area (TPSA) is 82.4 Å². The van der Waals surface area contributed by atoms with Crippen LogP contribution in [-0.2, 0) is 11.3 Å². The van der Waals surface area contributed by atoms with Crippen LogP contribution in [0.5, 0.6) is 11.5 Å². The fourth-order valence-corrected chi connectivity index (χ4v) is 4.25. The Morgan fingerprint density at radius 1 is 1.13 bits per heavy atom. The molecule has 2 heterocycles. The predicted molar refractivity (Wildman–Crippen MR) is 118 cm³/mol. The molecule has 2 aromatic carbocycles. The van der Waals surface area contributed by atoms with E-state index >= 15 is 0 Å². The summed E-state index contributed by atoms with van der Waals surface area (Å²) < 4.78 is 12.9. The largest absolute Gasteiger partial charge is 0.486 e.